The van der Waals surface area contributed by atoms with Gasteiger partial charge in [0.25, 0.3) is 0 Å². The second-order valence-corrected chi connectivity index (χ2v) is 4.75. The molecule has 0 saturated carbocycles. The predicted molar refractivity (Wildman–Crippen MR) is 67.3 cm³/mol. The molecule has 18 heavy (non-hydrogen) atoms. The standard InChI is InChI=1S/C13H23NO4/c1-2-3-4-5-7-10(13(16)17)14-12(15)11-8-6-9-18-11/h10-11H,2-9H2,1H3,(H,14,15)(H,16,17)/t10-,11+/m1/s1. The molecule has 0 aromatic carbocycles. The van der Waals surface area contributed by atoms with Gasteiger partial charge in [0.2, 0.25) is 5.91 Å². The van der Waals surface area contributed by atoms with Gasteiger partial charge in [-0.05, 0) is 19.3 Å². The molecule has 0 radical (unpaired) electrons. The summed E-state index contributed by atoms with van der Waals surface area (Å²) >= 11 is 0. The maximum Gasteiger partial charge on any atom is 0.326 e. The first-order valence-electron chi connectivity index (χ1n) is 6.80. The fourth-order valence-electron chi connectivity index (χ4n) is 2.08. The van der Waals surface area contributed by atoms with Crippen molar-refractivity contribution in [1.29, 1.82) is 0 Å². The summed E-state index contributed by atoms with van der Waals surface area (Å²) in [4.78, 5) is 22.8. The van der Waals surface area contributed by atoms with Crippen molar-refractivity contribution in [2.24, 2.45) is 0 Å². The number of carboxylic acid groups (broad SMARTS) is 1. The Bertz CT molecular complexity index is 274. The third-order valence-corrected chi connectivity index (χ3v) is 3.18. The SMILES string of the molecule is CCCCCC[C@@H](NC(=O)[C@@H]1CCCO1)C(=O)O. The maximum absolute atomic E-state index is 11.7. The number of amides is 1. The Balaban J connectivity index is 2.32. The van der Waals surface area contributed by atoms with Crippen molar-refractivity contribution in [2.75, 3.05) is 6.61 Å². The number of carboxylic acids is 1. The number of carbonyl (C=O) groups is 2. The monoisotopic (exact) mass is 257 g/mol. The number of nitrogens with one attached hydrogen (secondary N) is 1. The Hall–Kier alpha value is -1.10. The van der Waals surface area contributed by atoms with E-state index >= 15 is 0 Å². The largest absolute Gasteiger partial charge is 0.480 e. The highest BCUT2D eigenvalue weighted by atomic mass is 16.5. The summed E-state index contributed by atoms with van der Waals surface area (Å²) in [5.41, 5.74) is 0. The molecule has 0 bridgehead atoms. The summed E-state index contributed by atoms with van der Waals surface area (Å²) in [5, 5.41) is 11.6. The van der Waals surface area contributed by atoms with Crippen LogP contribution in [0, 0.1) is 0 Å². The minimum Gasteiger partial charge on any atom is -0.480 e. The lowest BCUT2D eigenvalue weighted by atomic mass is 10.1. The van der Waals surface area contributed by atoms with Gasteiger partial charge in [0.15, 0.2) is 0 Å². The molecule has 0 aromatic heterocycles. The fraction of sp³-hybridized carbons (Fsp3) is 0.846. The highest BCUT2D eigenvalue weighted by Gasteiger charge is 2.27. The second-order valence-electron chi connectivity index (χ2n) is 4.75. The molecule has 0 unspecified atom stereocenters. The molecule has 1 aliphatic heterocycles. The van der Waals surface area contributed by atoms with Crippen LogP contribution in [0.15, 0.2) is 0 Å². The van der Waals surface area contributed by atoms with E-state index in [0.29, 0.717) is 19.4 Å². The lowest BCUT2D eigenvalue weighted by Crippen LogP contribution is -2.45. The van der Waals surface area contributed by atoms with Crippen molar-refractivity contribution in [2.45, 2.75) is 64.0 Å². The van der Waals surface area contributed by atoms with Crippen LogP contribution in [-0.4, -0.2) is 35.7 Å². The van der Waals surface area contributed by atoms with Gasteiger partial charge < -0.3 is 15.2 Å². The minimum absolute atomic E-state index is 0.282. The van der Waals surface area contributed by atoms with E-state index in [1.807, 2.05) is 0 Å². The molecule has 5 heteroatoms. The Kier molecular flexibility index (Phi) is 6.72. The molecule has 1 heterocycles. The Morgan fingerprint density at radius 3 is 2.72 bits per heavy atom. The van der Waals surface area contributed by atoms with Gasteiger partial charge in [-0.25, -0.2) is 4.79 Å². The summed E-state index contributed by atoms with van der Waals surface area (Å²) in [6.07, 6.45) is 5.65. The lowest BCUT2D eigenvalue weighted by Gasteiger charge is -2.17. The second kappa shape index (κ2) is 8.08. The third kappa shape index (κ3) is 5.04. The molecule has 1 amide bonds. The van der Waals surface area contributed by atoms with Crippen molar-refractivity contribution >= 4 is 11.9 Å². The smallest absolute Gasteiger partial charge is 0.326 e. The lowest BCUT2D eigenvalue weighted by molar-refractivity contribution is -0.143. The van der Waals surface area contributed by atoms with E-state index < -0.39 is 18.1 Å². The number of aliphatic carboxylic acids is 1. The predicted octanol–water partition coefficient (Wildman–Crippen LogP) is 1.71. The van der Waals surface area contributed by atoms with E-state index in [-0.39, 0.29) is 5.91 Å². The molecule has 1 rings (SSSR count). The van der Waals surface area contributed by atoms with Crippen molar-refractivity contribution in [3.8, 4) is 0 Å². The van der Waals surface area contributed by atoms with Gasteiger partial charge >= 0.3 is 5.97 Å². The van der Waals surface area contributed by atoms with E-state index in [2.05, 4.69) is 12.2 Å². The zero-order valence-corrected chi connectivity index (χ0v) is 11.0. The number of ether oxygens (including phenoxy) is 1. The van der Waals surface area contributed by atoms with Crippen LogP contribution < -0.4 is 5.32 Å². The molecular formula is C13H23NO4. The van der Waals surface area contributed by atoms with Crippen LogP contribution in [0.25, 0.3) is 0 Å². The number of carbonyl (C=O) groups excluding carboxylic acids is 1. The van der Waals surface area contributed by atoms with Gasteiger partial charge in [-0.15, -0.1) is 0 Å². The summed E-state index contributed by atoms with van der Waals surface area (Å²) in [6, 6.07) is -0.779. The normalized spacial score (nSPS) is 20.6. The highest BCUT2D eigenvalue weighted by molar-refractivity contribution is 5.86. The number of hydrogen-bond acceptors (Lipinski definition) is 3. The summed E-state index contributed by atoms with van der Waals surface area (Å²) in [7, 11) is 0. The van der Waals surface area contributed by atoms with Crippen LogP contribution in [0.4, 0.5) is 0 Å². The van der Waals surface area contributed by atoms with E-state index in [9.17, 15) is 9.59 Å². The highest BCUT2D eigenvalue weighted by Crippen LogP contribution is 2.13. The van der Waals surface area contributed by atoms with Gasteiger partial charge in [-0.3, -0.25) is 4.79 Å². The van der Waals surface area contributed by atoms with Crippen molar-refractivity contribution < 1.29 is 19.4 Å². The third-order valence-electron chi connectivity index (χ3n) is 3.18. The van der Waals surface area contributed by atoms with E-state index in [1.165, 1.54) is 0 Å². The molecule has 2 atom stereocenters. The van der Waals surface area contributed by atoms with Crippen molar-refractivity contribution in [1.82, 2.24) is 5.32 Å². The van der Waals surface area contributed by atoms with Crippen LogP contribution in [-0.2, 0) is 14.3 Å². The van der Waals surface area contributed by atoms with Crippen LogP contribution in [0.5, 0.6) is 0 Å². The topological polar surface area (TPSA) is 75.6 Å². The van der Waals surface area contributed by atoms with Gasteiger partial charge in [0.1, 0.15) is 12.1 Å². The first-order valence-corrected chi connectivity index (χ1v) is 6.80. The summed E-state index contributed by atoms with van der Waals surface area (Å²) in [5.74, 6) is -1.24. The minimum atomic E-state index is -0.960. The van der Waals surface area contributed by atoms with Crippen LogP contribution in [0.1, 0.15) is 51.9 Å². The van der Waals surface area contributed by atoms with Crippen molar-refractivity contribution in [3.63, 3.8) is 0 Å². The molecule has 2 N–H and O–H groups in total. The first-order chi connectivity index (χ1) is 8.65. The van der Waals surface area contributed by atoms with E-state index in [4.69, 9.17) is 9.84 Å². The van der Waals surface area contributed by atoms with Crippen LogP contribution in [0.2, 0.25) is 0 Å². The molecular weight excluding hydrogens is 234 g/mol. The first kappa shape index (κ1) is 15.0. The molecule has 1 aliphatic rings. The number of hydrogen-bond donors (Lipinski definition) is 2. The summed E-state index contributed by atoms with van der Waals surface area (Å²) < 4.78 is 5.23. The average molecular weight is 257 g/mol. The average Bonchev–Trinajstić information content (AvgIpc) is 2.86. The Morgan fingerprint density at radius 2 is 2.17 bits per heavy atom. The zero-order chi connectivity index (χ0) is 13.4. The molecule has 1 saturated heterocycles. The quantitative estimate of drug-likeness (QED) is 0.649. The van der Waals surface area contributed by atoms with Gasteiger partial charge in [0.05, 0.1) is 0 Å². The fourth-order valence-corrected chi connectivity index (χ4v) is 2.08. The van der Waals surface area contributed by atoms with Gasteiger partial charge in [-0.2, -0.15) is 0 Å². The van der Waals surface area contributed by atoms with Gasteiger partial charge in [-0.1, -0.05) is 32.6 Å². The van der Waals surface area contributed by atoms with Crippen molar-refractivity contribution in [3.05, 3.63) is 0 Å². The molecule has 0 aromatic rings. The van der Waals surface area contributed by atoms with Crippen LogP contribution >= 0.6 is 0 Å². The Labute approximate surface area is 108 Å². The number of rotatable bonds is 8. The molecule has 5 nitrogen and oxygen atoms in total. The summed E-state index contributed by atoms with van der Waals surface area (Å²) in [6.45, 7) is 2.69. The number of unbranched alkanes of at least 4 members (excludes halogenated alkanes) is 3. The van der Waals surface area contributed by atoms with Crippen LogP contribution in [0.3, 0.4) is 0 Å². The molecule has 0 spiro atoms. The van der Waals surface area contributed by atoms with Gasteiger partial charge in [0, 0.05) is 6.61 Å². The Morgan fingerprint density at radius 1 is 1.39 bits per heavy atom. The maximum atomic E-state index is 11.7. The van der Waals surface area contributed by atoms with E-state index in [0.717, 1.165) is 32.1 Å². The zero-order valence-electron chi connectivity index (χ0n) is 11.0. The molecule has 104 valence electrons. The van der Waals surface area contributed by atoms with E-state index in [1.54, 1.807) is 0 Å². The molecule has 1 fully saturated rings. The molecule has 0 aliphatic carbocycles.